The van der Waals surface area contributed by atoms with E-state index in [0.717, 1.165) is 5.02 Å². The number of benzene rings is 3. The third-order valence-corrected chi connectivity index (χ3v) is 5.49. The van der Waals surface area contributed by atoms with Gasteiger partial charge in [-0.1, -0.05) is 48.0 Å². The Morgan fingerprint density at radius 1 is 0.519 bits per heavy atom. The summed E-state index contributed by atoms with van der Waals surface area (Å²) in [5.41, 5.74) is 0. The Balaban J connectivity index is 0.000000321. The van der Waals surface area contributed by atoms with Crippen LogP contribution in [0.15, 0.2) is 99.6 Å². The van der Waals surface area contributed by atoms with E-state index in [-0.39, 0.29) is 10.9 Å². The molecule has 27 heavy (non-hydrogen) atoms. The van der Waals surface area contributed by atoms with Gasteiger partial charge in [-0.2, -0.15) is 0 Å². The molecule has 0 saturated heterocycles. The van der Waals surface area contributed by atoms with Gasteiger partial charge in [0, 0.05) is 5.02 Å². The molecule has 0 atom stereocenters. The van der Waals surface area contributed by atoms with Crippen molar-refractivity contribution in [2.24, 2.45) is 0 Å². The molecule has 0 heterocycles. The van der Waals surface area contributed by atoms with Crippen molar-refractivity contribution in [2.75, 3.05) is 0 Å². The minimum absolute atomic E-state index is 0.0815. The molecule has 0 bridgehead atoms. The third kappa shape index (κ3) is 9.45. The molecule has 0 saturated carbocycles. The molecule has 0 radical (unpaired) electrons. The predicted octanol–water partition coefficient (Wildman–Crippen LogP) is 7.58. The van der Waals surface area contributed by atoms with E-state index in [9.17, 15) is 16.9 Å². The molecule has 0 unspecified atom stereocenters. The Morgan fingerprint density at radius 3 is 1.15 bits per heavy atom. The first-order chi connectivity index (χ1) is 12.3. The molecule has 0 N–H and O–H groups in total. The van der Waals surface area contributed by atoms with Gasteiger partial charge in [0.05, 0.1) is 10.9 Å². The zero-order chi connectivity index (χ0) is 20.2. The fourth-order valence-corrected chi connectivity index (χ4v) is 4.30. The van der Waals surface area contributed by atoms with Gasteiger partial charge in [0.15, 0.2) is 14.7 Å². The van der Waals surface area contributed by atoms with Crippen molar-refractivity contribution in [2.45, 2.75) is 14.7 Å². The van der Waals surface area contributed by atoms with E-state index in [2.05, 4.69) is 72.8 Å². The van der Waals surface area contributed by atoms with Gasteiger partial charge in [0.25, 0.3) is 0 Å². The van der Waals surface area contributed by atoms with Crippen LogP contribution < -0.4 is 0 Å². The van der Waals surface area contributed by atoms with Crippen LogP contribution >= 0.6 is 11.6 Å². The maximum atomic E-state index is 9.93. The molecule has 9 heteroatoms. The van der Waals surface area contributed by atoms with E-state index in [1.807, 2.05) is 12.1 Å². The number of rotatable bonds is 3. The first-order valence-corrected chi connectivity index (χ1v) is 14.9. The molecule has 146 valence electrons. The van der Waals surface area contributed by atoms with Crippen LogP contribution in [0.4, 0.5) is 16.9 Å². The van der Waals surface area contributed by atoms with E-state index in [0.29, 0.717) is 0 Å². The van der Waals surface area contributed by atoms with Crippen LogP contribution in [0.2, 0.25) is 5.02 Å². The molecule has 0 amide bonds. The summed E-state index contributed by atoms with van der Waals surface area (Å²) in [6.07, 6.45) is 0. The van der Waals surface area contributed by atoms with Crippen LogP contribution in [0.25, 0.3) is 0 Å². The van der Waals surface area contributed by atoms with Gasteiger partial charge in [-0.25, -0.2) is 0 Å². The predicted molar refractivity (Wildman–Crippen MR) is 98.9 cm³/mol. The van der Waals surface area contributed by atoms with Crippen molar-refractivity contribution in [3.63, 3.8) is 0 Å². The molecule has 0 fully saturated rings. The first-order valence-electron chi connectivity index (χ1n) is 7.46. The fraction of sp³-hybridized carbons (Fsp3) is 0. The molecule has 0 aliphatic rings. The SMILES string of the molecule is Clc1ccc([S+](c2ccccc2)c2ccccc2)cc1.[F][Sb-]([F])([F])([F])([F])[F]. The van der Waals surface area contributed by atoms with Gasteiger partial charge < -0.3 is 0 Å². The minimum atomic E-state index is -11.2. The molecule has 3 aromatic carbocycles. The van der Waals surface area contributed by atoms with Crippen molar-refractivity contribution >= 4 is 42.0 Å². The Morgan fingerprint density at radius 2 is 0.815 bits per heavy atom. The van der Waals surface area contributed by atoms with Gasteiger partial charge in [-0.15, -0.1) is 0 Å². The average molecular weight is 534 g/mol. The summed E-state index contributed by atoms with van der Waals surface area (Å²) in [7, 11) is -0.0815. The van der Waals surface area contributed by atoms with Crippen LogP contribution in [-0.2, 0) is 10.9 Å². The van der Waals surface area contributed by atoms with Crippen molar-refractivity contribution in [3.8, 4) is 0 Å². The maximum absolute atomic E-state index is 11.2. The number of halogens is 7. The van der Waals surface area contributed by atoms with Crippen LogP contribution in [0.3, 0.4) is 0 Å². The zero-order valence-electron chi connectivity index (χ0n) is 13.6. The van der Waals surface area contributed by atoms with Gasteiger partial charge >= 0.3 is 36.4 Å². The van der Waals surface area contributed by atoms with Crippen LogP contribution in [0.1, 0.15) is 0 Å². The third-order valence-electron chi connectivity index (χ3n) is 3.01. The van der Waals surface area contributed by atoms with Crippen LogP contribution in [-0.4, -0.2) is 19.5 Å². The van der Waals surface area contributed by atoms with Gasteiger partial charge in [0.2, 0.25) is 0 Å². The van der Waals surface area contributed by atoms with Crippen LogP contribution in [0.5, 0.6) is 0 Å². The Labute approximate surface area is 163 Å². The van der Waals surface area contributed by atoms with E-state index < -0.39 is 19.5 Å². The summed E-state index contributed by atoms with van der Waals surface area (Å²) in [5.74, 6) is 0. The van der Waals surface area contributed by atoms with Gasteiger partial charge in [-0.05, 0) is 48.5 Å². The molecule has 3 aromatic rings. The monoisotopic (exact) mass is 532 g/mol. The number of hydrogen-bond acceptors (Lipinski definition) is 0. The Hall–Kier alpha value is -1.30. The molecule has 0 aliphatic heterocycles. The summed E-state index contributed by atoms with van der Waals surface area (Å²) in [6, 6.07) is 29.4. The standard InChI is InChI=1S/C18H14ClS.6FH.Sb/c19-15-11-13-18(14-12-15)20(16-7-3-1-4-8-16)17-9-5-2-6-10-17;;;;;;;/h1-14H;6*1H;/q+1;;;;;;;+5/p-6. The van der Waals surface area contributed by atoms with Crippen LogP contribution in [0, 0.1) is 0 Å². The fourth-order valence-electron chi connectivity index (χ4n) is 2.09. The summed E-state index contributed by atoms with van der Waals surface area (Å²) in [5, 5.41) is 0.776. The second-order valence-electron chi connectivity index (χ2n) is 5.34. The molecule has 0 nitrogen and oxygen atoms in total. The zero-order valence-corrected chi connectivity index (χ0v) is 17.7. The van der Waals surface area contributed by atoms with Gasteiger partial charge in [0.1, 0.15) is 0 Å². The van der Waals surface area contributed by atoms with E-state index in [4.69, 9.17) is 11.6 Å². The van der Waals surface area contributed by atoms with Crippen molar-refractivity contribution < 1.29 is 16.9 Å². The second kappa shape index (κ2) is 7.61. The Kier molecular flexibility index (Phi) is 6.20. The normalized spacial score (nSPS) is 13.9. The quantitative estimate of drug-likeness (QED) is 0.185. The summed E-state index contributed by atoms with van der Waals surface area (Å²) < 4.78 is 59.6. The van der Waals surface area contributed by atoms with E-state index in [1.54, 1.807) is 0 Å². The number of hydrogen-bond donors (Lipinski definition) is 0. The summed E-state index contributed by atoms with van der Waals surface area (Å²) in [4.78, 5) is 3.92. The first kappa shape index (κ1) is 22.0. The molecule has 0 spiro atoms. The topological polar surface area (TPSA) is 0 Å². The molecule has 3 rings (SSSR count). The average Bonchev–Trinajstić information content (AvgIpc) is 2.56. The molecule has 0 aromatic heterocycles. The molecular weight excluding hydrogens is 519 g/mol. The second-order valence-corrected chi connectivity index (χ2v) is 13.3. The van der Waals surface area contributed by atoms with E-state index >= 15 is 0 Å². The molecule has 0 aliphatic carbocycles. The molecular formula is C18H14ClF6SSb. The van der Waals surface area contributed by atoms with E-state index in [1.165, 1.54) is 14.7 Å². The van der Waals surface area contributed by atoms with Crippen molar-refractivity contribution in [3.05, 3.63) is 90.0 Å². The Bertz CT molecular complexity index is 818. The summed E-state index contributed by atoms with van der Waals surface area (Å²) in [6.45, 7) is 0. The van der Waals surface area contributed by atoms with Crippen molar-refractivity contribution in [1.29, 1.82) is 0 Å². The van der Waals surface area contributed by atoms with Crippen molar-refractivity contribution in [1.82, 2.24) is 0 Å². The summed E-state index contributed by atoms with van der Waals surface area (Å²) >= 11 is -5.24. The van der Waals surface area contributed by atoms with Gasteiger partial charge in [-0.3, -0.25) is 0 Å².